The van der Waals surface area contributed by atoms with E-state index in [2.05, 4.69) is 5.32 Å². The standard InChI is InChI=1S/C12H22N2O5S/c1-8(2)10(12(16)17)13-11(15)9-6-4-5-7-14(9)20(3,18)19/h8-10H,4-7H2,1-3H3,(H,13,15)(H,16,17). The molecule has 2 atom stereocenters. The van der Waals surface area contributed by atoms with Crippen molar-refractivity contribution in [3.8, 4) is 0 Å². The number of carbonyl (C=O) groups is 2. The van der Waals surface area contributed by atoms with Crippen LogP contribution in [0.4, 0.5) is 0 Å². The Morgan fingerprint density at radius 2 is 1.90 bits per heavy atom. The average molecular weight is 306 g/mol. The quantitative estimate of drug-likeness (QED) is 0.745. The third kappa shape index (κ3) is 4.17. The summed E-state index contributed by atoms with van der Waals surface area (Å²) in [5.41, 5.74) is 0. The minimum absolute atomic E-state index is 0.272. The number of nitrogens with zero attached hydrogens (tertiary/aromatic N) is 1. The second kappa shape index (κ2) is 6.53. The molecule has 0 aromatic heterocycles. The Bertz CT molecular complexity index is 474. The summed E-state index contributed by atoms with van der Waals surface area (Å²) >= 11 is 0. The molecule has 8 heteroatoms. The number of nitrogens with one attached hydrogen (secondary N) is 1. The van der Waals surface area contributed by atoms with Crippen LogP contribution in [0.5, 0.6) is 0 Å². The van der Waals surface area contributed by atoms with Crippen LogP contribution in [0.2, 0.25) is 0 Å². The molecular formula is C12H22N2O5S. The Morgan fingerprint density at radius 1 is 1.30 bits per heavy atom. The van der Waals surface area contributed by atoms with Gasteiger partial charge in [-0.1, -0.05) is 20.3 Å². The van der Waals surface area contributed by atoms with Crippen molar-refractivity contribution in [2.24, 2.45) is 5.92 Å². The van der Waals surface area contributed by atoms with Gasteiger partial charge in [0.1, 0.15) is 12.1 Å². The first-order valence-electron chi connectivity index (χ1n) is 6.64. The minimum Gasteiger partial charge on any atom is -0.480 e. The van der Waals surface area contributed by atoms with Gasteiger partial charge in [-0.05, 0) is 18.8 Å². The fraction of sp³-hybridized carbons (Fsp3) is 0.833. The van der Waals surface area contributed by atoms with E-state index in [0.717, 1.165) is 17.0 Å². The van der Waals surface area contributed by atoms with Crippen LogP contribution in [0.1, 0.15) is 33.1 Å². The summed E-state index contributed by atoms with van der Waals surface area (Å²) in [7, 11) is -3.47. The lowest BCUT2D eigenvalue weighted by Crippen LogP contribution is -2.55. The van der Waals surface area contributed by atoms with Crippen molar-refractivity contribution in [1.29, 1.82) is 0 Å². The molecule has 2 N–H and O–H groups in total. The molecule has 2 unspecified atom stereocenters. The number of aliphatic carboxylic acids is 1. The molecule has 7 nitrogen and oxygen atoms in total. The first-order chi connectivity index (χ1) is 9.14. The van der Waals surface area contributed by atoms with Crippen molar-refractivity contribution >= 4 is 21.9 Å². The van der Waals surface area contributed by atoms with Gasteiger partial charge < -0.3 is 10.4 Å². The Kier molecular flexibility index (Phi) is 5.52. The fourth-order valence-corrected chi connectivity index (χ4v) is 3.45. The van der Waals surface area contributed by atoms with Crippen molar-refractivity contribution in [2.45, 2.75) is 45.2 Å². The second-order valence-corrected chi connectivity index (χ2v) is 7.39. The van der Waals surface area contributed by atoms with Crippen LogP contribution < -0.4 is 5.32 Å². The zero-order chi connectivity index (χ0) is 15.5. The zero-order valence-corrected chi connectivity index (χ0v) is 12.8. The number of carboxylic acids is 1. The van der Waals surface area contributed by atoms with Crippen LogP contribution in [0.25, 0.3) is 0 Å². The van der Waals surface area contributed by atoms with Gasteiger partial charge in [0.05, 0.1) is 6.26 Å². The number of carboxylic acid groups (broad SMARTS) is 1. The van der Waals surface area contributed by atoms with Crippen LogP contribution in [0.3, 0.4) is 0 Å². The molecule has 1 aliphatic heterocycles. The van der Waals surface area contributed by atoms with Crippen molar-refractivity contribution in [1.82, 2.24) is 9.62 Å². The molecule has 1 fully saturated rings. The van der Waals surface area contributed by atoms with E-state index >= 15 is 0 Å². The number of rotatable bonds is 5. The molecule has 1 aliphatic rings. The zero-order valence-electron chi connectivity index (χ0n) is 12.0. The van der Waals surface area contributed by atoms with E-state index in [4.69, 9.17) is 5.11 Å². The molecule has 0 saturated carbocycles. The normalized spacial score (nSPS) is 22.5. The summed E-state index contributed by atoms with van der Waals surface area (Å²) in [5.74, 6) is -1.92. The molecule has 1 heterocycles. The molecule has 0 radical (unpaired) electrons. The highest BCUT2D eigenvalue weighted by Crippen LogP contribution is 2.20. The monoisotopic (exact) mass is 306 g/mol. The largest absolute Gasteiger partial charge is 0.480 e. The lowest BCUT2D eigenvalue weighted by molar-refractivity contribution is -0.143. The SMILES string of the molecule is CC(C)C(NC(=O)C1CCCCN1S(C)(=O)=O)C(=O)O. The van der Waals surface area contributed by atoms with Crippen molar-refractivity contribution in [3.63, 3.8) is 0 Å². The Morgan fingerprint density at radius 3 is 2.35 bits per heavy atom. The number of sulfonamides is 1. The lowest BCUT2D eigenvalue weighted by Gasteiger charge is -2.33. The number of carbonyl (C=O) groups excluding carboxylic acids is 1. The van der Waals surface area contributed by atoms with E-state index in [1.807, 2.05) is 0 Å². The maximum atomic E-state index is 12.2. The molecule has 1 saturated heterocycles. The van der Waals surface area contributed by atoms with Gasteiger partial charge in [-0.3, -0.25) is 4.79 Å². The van der Waals surface area contributed by atoms with Crippen LogP contribution in [-0.4, -0.2) is 54.6 Å². The summed E-state index contributed by atoms with van der Waals surface area (Å²) < 4.78 is 24.5. The Labute approximate surface area is 119 Å². The van der Waals surface area contributed by atoms with Crippen molar-refractivity contribution in [3.05, 3.63) is 0 Å². The summed E-state index contributed by atoms with van der Waals surface area (Å²) in [6.45, 7) is 3.68. The molecule has 0 spiro atoms. The Balaban J connectivity index is 2.86. The molecular weight excluding hydrogens is 284 g/mol. The van der Waals surface area contributed by atoms with Gasteiger partial charge in [0.25, 0.3) is 0 Å². The first-order valence-corrected chi connectivity index (χ1v) is 8.49. The molecule has 116 valence electrons. The first kappa shape index (κ1) is 16.9. The van der Waals surface area contributed by atoms with E-state index < -0.39 is 34.0 Å². The topological polar surface area (TPSA) is 104 Å². The van der Waals surface area contributed by atoms with Crippen molar-refractivity contribution < 1.29 is 23.1 Å². The average Bonchev–Trinajstić information content (AvgIpc) is 2.33. The number of amides is 1. The van der Waals surface area contributed by atoms with Crippen LogP contribution in [0.15, 0.2) is 0 Å². The minimum atomic E-state index is -3.47. The van der Waals surface area contributed by atoms with E-state index in [-0.39, 0.29) is 5.92 Å². The summed E-state index contributed by atoms with van der Waals surface area (Å²) in [5, 5.41) is 11.5. The van der Waals surface area contributed by atoms with Gasteiger partial charge in [-0.2, -0.15) is 4.31 Å². The van der Waals surface area contributed by atoms with E-state index in [1.54, 1.807) is 13.8 Å². The highest BCUT2D eigenvalue weighted by atomic mass is 32.2. The number of piperidine rings is 1. The highest BCUT2D eigenvalue weighted by Gasteiger charge is 2.36. The predicted molar refractivity (Wildman–Crippen MR) is 73.6 cm³/mol. The van der Waals surface area contributed by atoms with Gasteiger partial charge in [0.15, 0.2) is 0 Å². The number of hydrogen-bond donors (Lipinski definition) is 2. The van der Waals surface area contributed by atoms with Gasteiger partial charge in [-0.25, -0.2) is 13.2 Å². The van der Waals surface area contributed by atoms with Crippen LogP contribution in [-0.2, 0) is 19.6 Å². The molecule has 0 aromatic carbocycles. The lowest BCUT2D eigenvalue weighted by atomic mass is 10.0. The van der Waals surface area contributed by atoms with E-state index in [1.165, 1.54) is 0 Å². The Hall–Kier alpha value is -1.15. The number of hydrogen-bond acceptors (Lipinski definition) is 4. The summed E-state index contributed by atoms with van der Waals surface area (Å²) in [4.78, 5) is 23.3. The van der Waals surface area contributed by atoms with Crippen molar-refractivity contribution in [2.75, 3.05) is 12.8 Å². The van der Waals surface area contributed by atoms with Gasteiger partial charge in [-0.15, -0.1) is 0 Å². The molecule has 1 rings (SSSR count). The molecule has 0 aromatic rings. The predicted octanol–water partition coefficient (Wildman–Crippen LogP) is 0.0259. The summed E-state index contributed by atoms with van der Waals surface area (Å²) in [6, 6.07) is -1.81. The van der Waals surface area contributed by atoms with Gasteiger partial charge in [0, 0.05) is 6.54 Å². The smallest absolute Gasteiger partial charge is 0.326 e. The van der Waals surface area contributed by atoms with Crippen LogP contribution >= 0.6 is 0 Å². The maximum Gasteiger partial charge on any atom is 0.326 e. The van der Waals surface area contributed by atoms with E-state index in [0.29, 0.717) is 19.4 Å². The second-order valence-electron chi connectivity index (χ2n) is 5.45. The highest BCUT2D eigenvalue weighted by molar-refractivity contribution is 7.88. The van der Waals surface area contributed by atoms with E-state index in [9.17, 15) is 18.0 Å². The summed E-state index contributed by atoms with van der Waals surface area (Å²) in [6.07, 6.45) is 2.95. The molecule has 1 amide bonds. The third-order valence-electron chi connectivity index (χ3n) is 3.41. The van der Waals surface area contributed by atoms with Crippen LogP contribution in [0, 0.1) is 5.92 Å². The maximum absolute atomic E-state index is 12.2. The fourth-order valence-electron chi connectivity index (χ4n) is 2.33. The third-order valence-corrected chi connectivity index (χ3v) is 4.70. The molecule has 0 bridgehead atoms. The molecule has 20 heavy (non-hydrogen) atoms. The van der Waals surface area contributed by atoms with Gasteiger partial charge in [0.2, 0.25) is 15.9 Å². The van der Waals surface area contributed by atoms with Gasteiger partial charge >= 0.3 is 5.97 Å². The molecule has 0 aliphatic carbocycles.